The van der Waals surface area contributed by atoms with Crippen LogP contribution in [0.4, 0.5) is 5.13 Å². The van der Waals surface area contributed by atoms with Gasteiger partial charge >= 0.3 is 0 Å². The van der Waals surface area contributed by atoms with Crippen LogP contribution < -0.4 is 5.32 Å². The zero-order chi connectivity index (χ0) is 16.5. The standard InChI is InChI=1S/C15H9BrN4O2S2/c16-8-3-4-9-11(6-8)24-14(18-9)19-12(21)7-23-15-20-13-10(22-15)2-1-5-17-13/h1-6H,7H2,(H,18,19,21). The van der Waals surface area contributed by atoms with Crippen LogP contribution in [0.15, 0.2) is 50.6 Å². The molecule has 0 aliphatic carbocycles. The van der Waals surface area contributed by atoms with E-state index in [1.807, 2.05) is 18.2 Å². The Kier molecular flexibility index (Phi) is 4.21. The smallest absolute Gasteiger partial charge is 0.258 e. The van der Waals surface area contributed by atoms with E-state index < -0.39 is 0 Å². The number of thioether (sulfide) groups is 1. The fourth-order valence-corrected chi connectivity index (χ4v) is 4.11. The molecule has 0 aliphatic heterocycles. The number of nitrogens with zero attached hydrogens (tertiary/aromatic N) is 3. The lowest BCUT2D eigenvalue weighted by molar-refractivity contribution is -0.113. The van der Waals surface area contributed by atoms with Gasteiger partial charge in [-0.3, -0.25) is 4.79 Å². The number of pyridine rings is 1. The number of oxazole rings is 1. The second kappa shape index (κ2) is 6.50. The Morgan fingerprint density at radius 1 is 1.33 bits per heavy atom. The number of nitrogens with one attached hydrogen (secondary N) is 1. The molecule has 0 radical (unpaired) electrons. The summed E-state index contributed by atoms with van der Waals surface area (Å²) in [5.41, 5.74) is 2.01. The maximum Gasteiger partial charge on any atom is 0.258 e. The molecule has 0 aliphatic rings. The van der Waals surface area contributed by atoms with Crippen LogP contribution in [-0.2, 0) is 4.79 Å². The molecule has 0 atom stereocenters. The van der Waals surface area contributed by atoms with Gasteiger partial charge in [-0.2, -0.15) is 4.98 Å². The van der Waals surface area contributed by atoms with Gasteiger partial charge in [0, 0.05) is 10.7 Å². The summed E-state index contributed by atoms with van der Waals surface area (Å²) in [6, 6.07) is 9.37. The quantitative estimate of drug-likeness (QED) is 0.494. The molecule has 4 rings (SSSR count). The molecule has 0 fully saturated rings. The van der Waals surface area contributed by atoms with Gasteiger partial charge in [0.25, 0.3) is 5.22 Å². The van der Waals surface area contributed by atoms with Gasteiger partial charge in [-0.25, -0.2) is 9.97 Å². The second-order valence-corrected chi connectivity index (χ2v) is 7.65. The Balaban J connectivity index is 1.42. The van der Waals surface area contributed by atoms with Crippen molar-refractivity contribution in [3.8, 4) is 0 Å². The lowest BCUT2D eigenvalue weighted by Crippen LogP contribution is -2.13. The highest BCUT2D eigenvalue weighted by atomic mass is 79.9. The summed E-state index contributed by atoms with van der Waals surface area (Å²) in [6.45, 7) is 0. The lowest BCUT2D eigenvalue weighted by atomic mass is 10.3. The second-order valence-electron chi connectivity index (χ2n) is 4.77. The number of amides is 1. The number of carbonyl (C=O) groups excluding carboxylic acids is 1. The Labute approximate surface area is 152 Å². The minimum Gasteiger partial charge on any atom is -0.430 e. The van der Waals surface area contributed by atoms with E-state index >= 15 is 0 Å². The molecular weight excluding hydrogens is 412 g/mol. The van der Waals surface area contributed by atoms with Gasteiger partial charge in [0.1, 0.15) is 0 Å². The molecule has 9 heteroatoms. The van der Waals surface area contributed by atoms with Gasteiger partial charge in [-0.05, 0) is 30.3 Å². The summed E-state index contributed by atoms with van der Waals surface area (Å²) in [6.07, 6.45) is 1.65. The Morgan fingerprint density at radius 3 is 3.12 bits per heavy atom. The fraction of sp³-hybridized carbons (Fsp3) is 0.0667. The first-order chi connectivity index (χ1) is 11.7. The number of thiazole rings is 1. The van der Waals surface area contributed by atoms with Crippen LogP contribution in [0.3, 0.4) is 0 Å². The molecule has 0 bridgehead atoms. The van der Waals surface area contributed by atoms with Crippen molar-refractivity contribution < 1.29 is 9.21 Å². The van der Waals surface area contributed by atoms with Crippen LogP contribution in [0.5, 0.6) is 0 Å². The van der Waals surface area contributed by atoms with E-state index in [-0.39, 0.29) is 11.7 Å². The SMILES string of the molecule is O=C(CSc1nc2ncccc2o1)Nc1nc2ccc(Br)cc2s1. The van der Waals surface area contributed by atoms with E-state index in [2.05, 4.69) is 36.2 Å². The van der Waals surface area contributed by atoms with Gasteiger partial charge < -0.3 is 9.73 Å². The molecule has 6 nitrogen and oxygen atoms in total. The van der Waals surface area contributed by atoms with Gasteiger partial charge in [0.2, 0.25) is 5.91 Å². The molecule has 120 valence electrons. The monoisotopic (exact) mass is 420 g/mol. The van der Waals surface area contributed by atoms with E-state index in [4.69, 9.17) is 4.42 Å². The van der Waals surface area contributed by atoms with Crippen LogP contribution in [-0.4, -0.2) is 26.6 Å². The first-order valence-electron chi connectivity index (χ1n) is 6.88. The van der Waals surface area contributed by atoms with Crippen molar-refractivity contribution in [3.63, 3.8) is 0 Å². The molecule has 24 heavy (non-hydrogen) atoms. The summed E-state index contributed by atoms with van der Waals surface area (Å²) in [4.78, 5) is 24.8. The van der Waals surface area contributed by atoms with Crippen molar-refractivity contribution in [3.05, 3.63) is 41.0 Å². The largest absolute Gasteiger partial charge is 0.430 e. The highest BCUT2D eigenvalue weighted by Gasteiger charge is 2.12. The van der Waals surface area contributed by atoms with Gasteiger partial charge in [0.05, 0.1) is 16.0 Å². The highest BCUT2D eigenvalue weighted by molar-refractivity contribution is 9.10. The third-order valence-corrected chi connectivity index (χ3v) is 5.32. The predicted molar refractivity (Wildman–Crippen MR) is 98.5 cm³/mol. The minimum absolute atomic E-state index is 0.159. The van der Waals surface area contributed by atoms with Crippen LogP contribution in [0.25, 0.3) is 21.4 Å². The van der Waals surface area contributed by atoms with Crippen molar-refractivity contribution in [2.45, 2.75) is 5.22 Å². The molecule has 0 spiro atoms. The van der Waals surface area contributed by atoms with Gasteiger partial charge in [-0.1, -0.05) is 39.0 Å². The van der Waals surface area contributed by atoms with Crippen LogP contribution >= 0.6 is 39.0 Å². The summed E-state index contributed by atoms with van der Waals surface area (Å²) in [5.74, 6) is 0.0280. The van der Waals surface area contributed by atoms with E-state index in [0.717, 1.165) is 14.7 Å². The van der Waals surface area contributed by atoms with Crippen molar-refractivity contribution in [1.82, 2.24) is 15.0 Å². The molecule has 1 amide bonds. The Morgan fingerprint density at radius 2 is 2.25 bits per heavy atom. The minimum atomic E-state index is -0.159. The van der Waals surface area contributed by atoms with Crippen molar-refractivity contribution in [1.29, 1.82) is 0 Å². The number of fused-ring (bicyclic) bond motifs is 2. The number of rotatable bonds is 4. The van der Waals surface area contributed by atoms with E-state index in [0.29, 0.717) is 21.6 Å². The maximum absolute atomic E-state index is 12.1. The van der Waals surface area contributed by atoms with Crippen molar-refractivity contribution >= 4 is 71.5 Å². The fourth-order valence-electron chi connectivity index (χ4n) is 2.05. The number of hydrogen-bond donors (Lipinski definition) is 1. The zero-order valence-corrected chi connectivity index (χ0v) is 15.2. The zero-order valence-electron chi connectivity index (χ0n) is 12.0. The summed E-state index contributed by atoms with van der Waals surface area (Å²) < 4.78 is 7.52. The molecule has 1 aromatic carbocycles. The molecule has 0 unspecified atom stereocenters. The number of aromatic nitrogens is 3. The third-order valence-electron chi connectivity index (χ3n) is 3.07. The normalized spacial score (nSPS) is 11.2. The number of benzene rings is 1. The predicted octanol–water partition coefficient (Wildman–Crippen LogP) is 4.33. The average Bonchev–Trinajstić information content (AvgIpc) is 3.15. The first-order valence-corrected chi connectivity index (χ1v) is 9.47. The third kappa shape index (κ3) is 3.28. The topological polar surface area (TPSA) is 80.9 Å². The van der Waals surface area contributed by atoms with Crippen LogP contribution in [0.2, 0.25) is 0 Å². The molecule has 0 saturated carbocycles. The molecule has 0 saturated heterocycles. The summed E-state index contributed by atoms with van der Waals surface area (Å²) in [5, 5.41) is 3.80. The number of anilines is 1. The number of halogens is 1. The van der Waals surface area contributed by atoms with Crippen molar-refractivity contribution in [2.75, 3.05) is 11.1 Å². The molecule has 4 aromatic rings. The van der Waals surface area contributed by atoms with E-state index in [1.165, 1.54) is 23.1 Å². The number of carbonyl (C=O) groups is 1. The highest BCUT2D eigenvalue weighted by Crippen LogP contribution is 2.29. The number of hydrogen-bond acceptors (Lipinski definition) is 7. The van der Waals surface area contributed by atoms with E-state index in [9.17, 15) is 4.79 Å². The van der Waals surface area contributed by atoms with Gasteiger partial charge in [0.15, 0.2) is 16.4 Å². The molecule has 1 N–H and O–H groups in total. The van der Waals surface area contributed by atoms with Crippen LogP contribution in [0.1, 0.15) is 0 Å². The van der Waals surface area contributed by atoms with Crippen LogP contribution in [0, 0.1) is 0 Å². The average molecular weight is 421 g/mol. The Hall–Kier alpha value is -1.97. The maximum atomic E-state index is 12.1. The Bertz CT molecular complexity index is 1010. The molecule has 3 heterocycles. The summed E-state index contributed by atoms with van der Waals surface area (Å²) >= 11 is 6.08. The van der Waals surface area contributed by atoms with Gasteiger partial charge in [-0.15, -0.1) is 0 Å². The van der Waals surface area contributed by atoms with E-state index in [1.54, 1.807) is 18.3 Å². The lowest BCUT2D eigenvalue weighted by Gasteiger charge is -1.98. The molecular formula is C15H9BrN4O2S2. The van der Waals surface area contributed by atoms with Crippen molar-refractivity contribution in [2.24, 2.45) is 0 Å². The molecule has 3 aromatic heterocycles. The summed E-state index contributed by atoms with van der Waals surface area (Å²) in [7, 11) is 0. The first kappa shape index (κ1) is 15.6.